The summed E-state index contributed by atoms with van der Waals surface area (Å²) < 4.78 is 0. The maximum Gasteiger partial charge on any atom is 0.207 e. The van der Waals surface area contributed by atoms with Crippen LogP contribution in [0.4, 0.5) is 0 Å². The SMILES string of the molecule is CC(=O)CC(C)CNC=O. The summed E-state index contributed by atoms with van der Waals surface area (Å²) in [6.07, 6.45) is 1.19. The Bertz CT molecular complexity index is 123. The molecule has 0 fully saturated rings. The van der Waals surface area contributed by atoms with Crippen LogP contribution in [0.15, 0.2) is 0 Å². The molecule has 1 unspecified atom stereocenters. The molecule has 0 aliphatic carbocycles. The molecule has 1 atom stereocenters. The van der Waals surface area contributed by atoms with Crippen LogP contribution in [0.3, 0.4) is 0 Å². The van der Waals surface area contributed by atoms with E-state index >= 15 is 0 Å². The molecule has 0 saturated carbocycles. The average molecular weight is 143 g/mol. The number of rotatable bonds is 5. The van der Waals surface area contributed by atoms with Crippen LogP contribution in [-0.4, -0.2) is 18.7 Å². The first-order valence-corrected chi connectivity index (χ1v) is 3.33. The van der Waals surface area contributed by atoms with Crippen molar-refractivity contribution < 1.29 is 9.59 Å². The highest BCUT2D eigenvalue weighted by atomic mass is 16.1. The van der Waals surface area contributed by atoms with Gasteiger partial charge >= 0.3 is 0 Å². The van der Waals surface area contributed by atoms with Crippen LogP contribution >= 0.6 is 0 Å². The normalized spacial score (nSPS) is 12.2. The molecular weight excluding hydrogens is 130 g/mol. The molecule has 3 heteroatoms. The van der Waals surface area contributed by atoms with Crippen molar-refractivity contribution in [1.29, 1.82) is 0 Å². The van der Waals surface area contributed by atoms with E-state index in [1.165, 1.54) is 0 Å². The Morgan fingerprint density at radius 3 is 2.70 bits per heavy atom. The van der Waals surface area contributed by atoms with E-state index in [9.17, 15) is 9.59 Å². The van der Waals surface area contributed by atoms with Gasteiger partial charge in [-0.15, -0.1) is 0 Å². The average Bonchev–Trinajstić information content (AvgIpc) is 1.82. The first-order valence-electron chi connectivity index (χ1n) is 3.33. The molecule has 58 valence electrons. The zero-order valence-corrected chi connectivity index (χ0v) is 6.39. The number of hydrogen-bond acceptors (Lipinski definition) is 2. The van der Waals surface area contributed by atoms with Gasteiger partial charge in [-0.05, 0) is 12.8 Å². The van der Waals surface area contributed by atoms with Crippen molar-refractivity contribution in [2.75, 3.05) is 6.54 Å². The molecule has 0 rings (SSSR count). The summed E-state index contributed by atoms with van der Waals surface area (Å²) in [4.78, 5) is 20.3. The molecule has 0 spiro atoms. The lowest BCUT2D eigenvalue weighted by molar-refractivity contribution is -0.118. The summed E-state index contributed by atoms with van der Waals surface area (Å²) >= 11 is 0. The molecule has 0 aromatic carbocycles. The smallest absolute Gasteiger partial charge is 0.207 e. The van der Waals surface area contributed by atoms with Crippen molar-refractivity contribution in [3.8, 4) is 0 Å². The largest absolute Gasteiger partial charge is 0.358 e. The van der Waals surface area contributed by atoms with Crippen LogP contribution in [0.25, 0.3) is 0 Å². The van der Waals surface area contributed by atoms with Crippen LogP contribution in [0.2, 0.25) is 0 Å². The number of amides is 1. The van der Waals surface area contributed by atoms with E-state index < -0.39 is 0 Å². The van der Waals surface area contributed by atoms with E-state index in [-0.39, 0.29) is 11.7 Å². The van der Waals surface area contributed by atoms with E-state index in [4.69, 9.17) is 0 Å². The first kappa shape index (κ1) is 9.14. The Balaban J connectivity index is 3.33. The summed E-state index contributed by atoms with van der Waals surface area (Å²) in [5.41, 5.74) is 0. The molecule has 0 bridgehead atoms. The highest BCUT2D eigenvalue weighted by Crippen LogP contribution is 1.99. The Labute approximate surface area is 60.8 Å². The fraction of sp³-hybridized carbons (Fsp3) is 0.714. The van der Waals surface area contributed by atoms with Gasteiger partial charge in [-0.2, -0.15) is 0 Å². The lowest BCUT2D eigenvalue weighted by atomic mass is 10.1. The molecule has 3 nitrogen and oxygen atoms in total. The second-order valence-corrected chi connectivity index (χ2v) is 2.54. The first-order chi connectivity index (χ1) is 4.66. The lowest BCUT2D eigenvalue weighted by Gasteiger charge is -2.06. The number of ketones is 1. The van der Waals surface area contributed by atoms with Crippen molar-refractivity contribution in [3.05, 3.63) is 0 Å². The van der Waals surface area contributed by atoms with E-state index in [0.29, 0.717) is 19.4 Å². The van der Waals surface area contributed by atoms with E-state index in [1.54, 1.807) is 6.92 Å². The van der Waals surface area contributed by atoms with Crippen LogP contribution in [-0.2, 0) is 9.59 Å². The highest BCUT2D eigenvalue weighted by Gasteiger charge is 2.02. The van der Waals surface area contributed by atoms with Crippen LogP contribution in [0, 0.1) is 5.92 Å². The molecule has 0 aliphatic heterocycles. The topological polar surface area (TPSA) is 46.2 Å². The third-order valence-corrected chi connectivity index (χ3v) is 1.19. The van der Waals surface area contributed by atoms with Gasteiger partial charge in [0.1, 0.15) is 5.78 Å². The molecule has 0 aliphatic rings. The van der Waals surface area contributed by atoms with Crippen molar-refractivity contribution in [2.45, 2.75) is 20.3 Å². The Kier molecular flexibility index (Phi) is 4.54. The maximum atomic E-state index is 10.5. The molecule has 0 aromatic heterocycles. The van der Waals surface area contributed by atoms with Gasteiger partial charge in [0.25, 0.3) is 0 Å². The van der Waals surface area contributed by atoms with E-state index in [1.807, 2.05) is 6.92 Å². The molecule has 10 heavy (non-hydrogen) atoms. The van der Waals surface area contributed by atoms with Gasteiger partial charge in [0.2, 0.25) is 6.41 Å². The zero-order valence-electron chi connectivity index (χ0n) is 6.39. The second-order valence-electron chi connectivity index (χ2n) is 2.54. The predicted molar refractivity (Wildman–Crippen MR) is 38.5 cm³/mol. The predicted octanol–water partition coefficient (Wildman–Crippen LogP) is 0.348. The molecule has 0 saturated heterocycles. The number of hydrogen-bond donors (Lipinski definition) is 1. The van der Waals surface area contributed by atoms with Gasteiger partial charge < -0.3 is 10.1 Å². The number of carbonyl (C=O) groups excluding carboxylic acids is 2. The van der Waals surface area contributed by atoms with Gasteiger partial charge in [-0.25, -0.2) is 0 Å². The van der Waals surface area contributed by atoms with Crippen LogP contribution in [0.1, 0.15) is 20.3 Å². The number of Topliss-reactive ketones (excluding diaryl/α,β-unsaturated/α-hetero) is 1. The number of carbonyl (C=O) groups is 2. The molecule has 1 N–H and O–H groups in total. The summed E-state index contributed by atoms with van der Waals surface area (Å²) in [5, 5.41) is 2.52. The van der Waals surface area contributed by atoms with Gasteiger partial charge in [0, 0.05) is 13.0 Å². The fourth-order valence-corrected chi connectivity index (χ4v) is 0.812. The van der Waals surface area contributed by atoms with Crippen molar-refractivity contribution in [2.24, 2.45) is 5.92 Å². The van der Waals surface area contributed by atoms with Gasteiger partial charge in [0.05, 0.1) is 0 Å². The standard InChI is InChI=1S/C7H13NO2/c1-6(3-7(2)10)4-8-5-9/h5-6H,3-4H2,1-2H3,(H,8,9). The summed E-state index contributed by atoms with van der Waals surface area (Å²) in [5.74, 6) is 0.419. The molecule has 0 radical (unpaired) electrons. The maximum absolute atomic E-state index is 10.5. The third kappa shape index (κ3) is 5.28. The molecule has 0 heterocycles. The van der Waals surface area contributed by atoms with Crippen molar-refractivity contribution in [1.82, 2.24) is 5.32 Å². The van der Waals surface area contributed by atoms with E-state index in [2.05, 4.69) is 5.32 Å². The molecular formula is C7H13NO2. The van der Waals surface area contributed by atoms with Gasteiger partial charge in [-0.1, -0.05) is 6.92 Å². The third-order valence-electron chi connectivity index (χ3n) is 1.19. The minimum atomic E-state index is 0.167. The summed E-state index contributed by atoms with van der Waals surface area (Å²) in [6, 6.07) is 0. The Morgan fingerprint density at radius 1 is 1.70 bits per heavy atom. The van der Waals surface area contributed by atoms with Crippen LogP contribution < -0.4 is 5.32 Å². The van der Waals surface area contributed by atoms with Gasteiger partial charge in [-0.3, -0.25) is 4.79 Å². The fourth-order valence-electron chi connectivity index (χ4n) is 0.812. The van der Waals surface area contributed by atoms with Gasteiger partial charge in [0.15, 0.2) is 0 Å². The quantitative estimate of drug-likeness (QED) is 0.564. The molecule has 0 aromatic rings. The second kappa shape index (κ2) is 4.97. The van der Waals surface area contributed by atoms with Crippen LogP contribution in [0.5, 0.6) is 0 Å². The number of nitrogens with one attached hydrogen (secondary N) is 1. The molecule has 1 amide bonds. The van der Waals surface area contributed by atoms with Crippen molar-refractivity contribution >= 4 is 12.2 Å². The lowest BCUT2D eigenvalue weighted by Crippen LogP contribution is -2.20. The Hall–Kier alpha value is -0.860. The summed E-state index contributed by atoms with van der Waals surface area (Å²) in [6.45, 7) is 4.07. The highest BCUT2D eigenvalue weighted by molar-refractivity contribution is 5.75. The van der Waals surface area contributed by atoms with Crippen molar-refractivity contribution in [3.63, 3.8) is 0 Å². The minimum absolute atomic E-state index is 0.167. The zero-order chi connectivity index (χ0) is 7.98. The summed E-state index contributed by atoms with van der Waals surface area (Å²) in [7, 11) is 0. The Morgan fingerprint density at radius 2 is 2.30 bits per heavy atom. The van der Waals surface area contributed by atoms with E-state index in [0.717, 1.165) is 0 Å². The monoisotopic (exact) mass is 143 g/mol. The minimum Gasteiger partial charge on any atom is -0.358 e.